The molecule has 2 amide bonds. The Labute approximate surface area is 456 Å². The highest BCUT2D eigenvalue weighted by Gasteiger charge is 2.49. The summed E-state index contributed by atoms with van der Waals surface area (Å²) in [6.45, 7) is 7.28. The number of benzene rings is 4. The molecule has 3 aliphatic heterocycles. The molecule has 2 atom stereocenters. The fourth-order valence-electron chi connectivity index (χ4n) is 10.6. The largest absolute Gasteiger partial charge is 0.748 e. The Morgan fingerprint density at radius 2 is 1.28 bits per heavy atom. The van der Waals surface area contributed by atoms with Crippen molar-refractivity contribution in [1.82, 2.24) is 5.06 Å². The zero-order chi connectivity index (χ0) is 58.4. The lowest BCUT2D eigenvalue weighted by Gasteiger charge is -2.31. The number of amides is 2. The van der Waals surface area contributed by atoms with Crippen molar-refractivity contribution in [2.75, 3.05) is 50.7 Å². The molecule has 428 valence electrons. The quantitative estimate of drug-likeness (QED) is 0.0334. The van der Waals surface area contributed by atoms with E-state index in [2.05, 4.69) is 0 Å². The summed E-state index contributed by atoms with van der Waals surface area (Å²) in [4.78, 5) is 40.4. The topological polar surface area (TPSA) is 374 Å². The third-order valence-electron chi connectivity index (χ3n) is 14.1. The van der Waals surface area contributed by atoms with Gasteiger partial charge in [-0.15, -0.1) is 5.06 Å². The van der Waals surface area contributed by atoms with E-state index in [0.717, 1.165) is 12.1 Å². The number of methoxy groups -OCH3 is 1. The van der Waals surface area contributed by atoms with Crippen LogP contribution in [0.1, 0.15) is 83.8 Å². The van der Waals surface area contributed by atoms with Gasteiger partial charge in [-0.3, -0.25) is 9.59 Å². The molecule has 0 radical (unpaired) electrons. The number of anilines is 1. The van der Waals surface area contributed by atoms with Crippen LogP contribution in [0, 0.1) is 0 Å². The molecule has 0 aromatic heterocycles. The van der Waals surface area contributed by atoms with Gasteiger partial charge in [-0.2, -0.15) is 4.58 Å². The Balaban J connectivity index is 1.41. The van der Waals surface area contributed by atoms with E-state index in [1.54, 1.807) is 61.5 Å². The second kappa shape index (κ2) is 22.6. The summed E-state index contributed by atoms with van der Waals surface area (Å²) in [7, 11) is -24.9. The number of hydrogen-bond acceptors (Lipinski definition) is 22. The maximum atomic E-state index is 13.1. The van der Waals surface area contributed by atoms with E-state index >= 15 is 0 Å². The van der Waals surface area contributed by atoms with Crippen molar-refractivity contribution in [3.05, 3.63) is 95.2 Å². The Bertz CT molecular complexity index is 3910. The van der Waals surface area contributed by atoms with Gasteiger partial charge in [0.1, 0.15) is 47.0 Å². The van der Waals surface area contributed by atoms with Gasteiger partial charge in [-0.05, 0) is 111 Å². The lowest BCUT2D eigenvalue weighted by Crippen LogP contribution is -2.33. The van der Waals surface area contributed by atoms with Crippen LogP contribution in [-0.2, 0) is 90.1 Å². The van der Waals surface area contributed by atoms with Gasteiger partial charge in [-0.25, -0.2) is 46.9 Å². The van der Waals surface area contributed by atoms with Crippen molar-refractivity contribution < 1.29 is 98.1 Å². The van der Waals surface area contributed by atoms with Crippen LogP contribution in [0.4, 0.5) is 11.4 Å². The number of ether oxygens (including phenoxy) is 2. The van der Waals surface area contributed by atoms with Gasteiger partial charge in [0.25, 0.3) is 11.8 Å². The molecule has 3 heterocycles. The number of hydrogen-bond donors (Lipinski definition) is 0. The van der Waals surface area contributed by atoms with Gasteiger partial charge in [0.05, 0.1) is 54.7 Å². The summed E-state index contributed by atoms with van der Waals surface area (Å²) in [6, 6.07) is 8.43. The Kier molecular flexibility index (Phi) is 17.4. The van der Waals surface area contributed by atoms with E-state index < -0.39 is 105 Å². The van der Waals surface area contributed by atoms with E-state index in [4.69, 9.17) is 14.3 Å². The van der Waals surface area contributed by atoms with E-state index in [0.29, 0.717) is 45.6 Å². The molecule has 2 unspecified atom stereocenters. The van der Waals surface area contributed by atoms with Gasteiger partial charge in [-0.1, -0.05) is 23.8 Å². The fraction of sp³-hybridized carbons (Fsp3) is 0.400. The SMILES string of the molecule is CCN1C(=CC=C(C)C=CC2=[N+](CCCC(=O)ON3C(=O)CCC3=O)c3ccc4c(S(=O)(=O)[O-])cc(S(=O)(=O)[O-])cc4c3C2(C)CCOCCOC)C(C)(CCCS(=O)(=O)[O-])c2c1ccc1c(S(=O)(=O)[O-])cc(S(=O)(=O)[O-])cc21. The van der Waals surface area contributed by atoms with Crippen LogP contribution in [0.25, 0.3) is 21.5 Å². The van der Waals surface area contributed by atoms with E-state index in [-0.39, 0.29) is 111 Å². The van der Waals surface area contributed by atoms with Crippen molar-refractivity contribution in [2.24, 2.45) is 0 Å². The summed E-state index contributed by atoms with van der Waals surface area (Å²) in [5.41, 5.74) is -0.152. The number of likely N-dealkylation sites (N-methyl/N-ethyl adjacent to an activating group) is 1. The molecule has 1 fully saturated rings. The maximum Gasteiger partial charge on any atom is 0.333 e. The number of carbonyl (C=O) groups excluding carboxylic acids is 3. The second-order valence-corrected chi connectivity index (χ2v) is 26.4. The van der Waals surface area contributed by atoms with Gasteiger partial charge in [0, 0.05) is 85.2 Å². The molecule has 0 saturated carbocycles. The number of rotatable bonds is 23. The number of nitrogens with zero attached hydrogens (tertiary/aromatic N) is 3. The standard InChI is InChI=1S/C50H57N3O21S5/c1-6-51-38-14-12-34-36(27-32(76(60,61)62)29-40(34)78(66,67)68)47(38)49(3,20-8-26-75(57,58)59)42(51)16-10-31(2)11-17-43-50(4,21-23-73-25-24-72-5)48-37-28-33(77(63,64)65)30-41(79(69,70)71)35(37)13-15-39(48)52(43)22-7-9-46(56)74-53-44(54)18-19-45(53)55/h10-17,27-30H,6-9,18-26H2,1-5H3,(H4-,57,58,59,60,61,62,63,64,65,66,67,68,69,70,71)/p-4. The van der Waals surface area contributed by atoms with Crippen molar-refractivity contribution in [3.63, 3.8) is 0 Å². The van der Waals surface area contributed by atoms with Crippen molar-refractivity contribution in [2.45, 2.75) is 103 Å². The molecule has 0 spiro atoms. The number of fused-ring (bicyclic) bond motifs is 6. The molecule has 79 heavy (non-hydrogen) atoms. The molecule has 7 rings (SSSR count). The van der Waals surface area contributed by atoms with Crippen LogP contribution in [0.2, 0.25) is 0 Å². The first-order chi connectivity index (χ1) is 36.7. The molecule has 4 aromatic carbocycles. The number of hydroxylamine groups is 2. The van der Waals surface area contributed by atoms with Gasteiger partial charge in [0.15, 0.2) is 5.71 Å². The predicted molar refractivity (Wildman–Crippen MR) is 276 cm³/mol. The predicted octanol–water partition coefficient (Wildman–Crippen LogP) is 3.92. The average Bonchev–Trinajstić information content (AvgIpc) is 3.79. The molecule has 0 bridgehead atoms. The molecule has 0 aliphatic carbocycles. The molecular formula is C50H53N3O21S5-4. The minimum absolute atomic E-state index is 0.00291. The first-order valence-electron chi connectivity index (χ1n) is 24.3. The summed E-state index contributed by atoms with van der Waals surface area (Å²) in [5, 5.41) is -0.228. The molecule has 3 aliphatic rings. The highest BCUT2D eigenvalue weighted by atomic mass is 32.2. The third kappa shape index (κ3) is 12.7. The van der Waals surface area contributed by atoms with Crippen LogP contribution in [-0.4, -0.2) is 144 Å². The highest BCUT2D eigenvalue weighted by Crippen LogP contribution is 2.54. The van der Waals surface area contributed by atoms with Crippen LogP contribution >= 0.6 is 0 Å². The smallest absolute Gasteiger partial charge is 0.333 e. The molecule has 4 aromatic rings. The molecule has 29 heteroatoms. The fourth-order valence-corrected chi connectivity index (χ4v) is 13.7. The van der Waals surface area contributed by atoms with Crippen LogP contribution in [0.15, 0.2) is 104 Å². The number of allylic oxidation sites excluding steroid dienone is 6. The van der Waals surface area contributed by atoms with Crippen molar-refractivity contribution >= 4 is 107 Å². The zero-order valence-corrected chi connectivity index (χ0v) is 47.2. The third-order valence-corrected chi connectivity index (χ3v) is 18.3. The van der Waals surface area contributed by atoms with Crippen LogP contribution in [0.3, 0.4) is 0 Å². The second-order valence-electron chi connectivity index (χ2n) is 19.4. The van der Waals surface area contributed by atoms with Crippen LogP contribution < -0.4 is 4.90 Å². The Morgan fingerprint density at radius 1 is 0.709 bits per heavy atom. The highest BCUT2D eigenvalue weighted by molar-refractivity contribution is 7.87. The number of imide groups is 1. The average molecular weight is 1190 g/mol. The lowest BCUT2D eigenvalue weighted by atomic mass is 9.74. The summed E-state index contributed by atoms with van der Waals surface area (Å²) < 4.78 is 200. The summed E-state index contributed by atoms with van der Waals surface area (Å²) in [5.74, 6) is -3.16. The summed E-state index contributed by atoms with van der Waals surface area (Å²) in [6.07, 6.45) is 5.67. The minimum Gasteiger partial charge on any atom is -0.748 e. The Hall–Kier alpha value is -5.83. The van der Waals surface area contributed by atoms with Crippen LogP contribution in [0.5, 0.6) is 0 Å². The minimum atomic E-state index is -5.43. The maximum absolute atomic E-state index is 13.1. The first kappa shape index (κ1) is 60.8. The molecule has 1 saturated heterocycles. The van der Waals surface area contributed by atoms with E-state index in [1.165, 1.54) is 31.4 Å². The van der Waals surface area contributed by atoms with E-state index in [1.807, 2.05) is 0 Å². The molecule has 24 nitrogen and oxygen atoms in total. The Morgan fingerprint density at radius 3 is 1.81 bits per heavy atom. The first-order valence-corrected chi connectivity index (χ1v) is 31.5. The number of carbonyl (C=O) groups is 3. The monoisotopic (exact) mass is 1190 g/mol. The lowest BCUT2D eigenvalue weighted by molar-refractivity contribution is -0.438. The van der Waals surface area contributed by atoms with Gasteiger partial charge in [0.2, 0.25) is 5.69 Å². The summed E-state index contributed by atoms with van der Waals surface area (Å²) >= 11 is 0. The molecular weight excluding hydrogens is 1140 g/mol. The van der Waals surface area contributed by atoms with Crippen molar-refractivity contribution in [3.8, 4) is 0 Å². The zero-order valence-electron chi connectivity index (χ0n) is 43.1. The van der Waals surface area contributed by atoms with Gasteiger partial charge >= 0.3 is 5.97 Å². The molecule has 0 N–H and O–H groups in total. The normalized spacial score (nSPS) is 20.0. The van der Waals surface area contributed by atoms with Gasteiger partial charge < -0.3 is 42.0 Å². The van der Waals surface area contributed by atoms with Crippen molar-refractivity contribution in [1.29, 1.82) is 0 Å². The van der Waals surface area contributed by atoms with E-state index in [9.17, 15) is 79.2 Å².